The Balaban J connectivity index is 3.74. The predicted octanol–water partition coefficient (Wildman–Crippen LogP) is 0.236. The molecule has 0 rings (SSSR count). The maximum Gasteiger partial charge on any atom is 0.422 e. The van der Waals surface area contributed by atoms with Gasteiger partial charge in [0, 0.05) is 0 Å². The highest BCUT2D eigenvalue weighted by Crippen LogP contribution is 1.82. The number of carbonyl (C=O) groups is 2. The minimum absolute atomic E-state index is 1.00. The number of hydrogen-bond donors (Lipinski definition) is 0. The third-order valence-corrected chi connectivity index (χ3v) is 0.663. The number of rotatable bonds is 1. The molecule has 4 heteroatoms. The Bertz CT molecular complexity index is 159. The summed E-state index contributed by atoms with van der Waals surface area (Å²) < 4.78 is 8.31. The lowest BCUT2D eigenvalue weighted by atomic mass is 10.7. The van der Waals surface area contributed by atoms with E-state index in [0.29, 0.717) is 0 Å². The molecule has 0 radical (unpaired) electrons. The van der Waals surface area contributed by atoms with Gasteiger partial charge >= 0.3 is 11.9 Å². The molecular formula is C6H8O4. The normalized spacial score (nSPS) is 9.40. The van der Waals surface area contributed by atoms with Crippen LogP contribution in [0.1, 0.15) is 6.92 Å². The smallest absolute Gasteiger partial charge is 0.422 e. The number of methoxy groups -OCH3 is 1. The molecule has 0 aromatic carbocycles. The van der Waals surface area contributed by atoms with Crippen LogP contribution in [0.15, 0.2) is 12.3 Å². The Labute approximate surface area is 58.4 Å². The first kappa shape index (κ1) is 8.68. The van der Waals surface area contributed by atoms with Crippen LogP contribution in [-0.2, 0) is 19.1 Å². The molecule has 10 heavy (non-hydrogen) atoms. The second-order valence-electron chi connectivity index (χ2n) is 1.37. The summed E-state index contributed by atoms with van der Waals surface area (Å²) in [5, 5.41) is 0. The fourth-order valence-corrected chi connectivity index (χ4v) is 0.261. The standard InChI is InChI=1S/C6H8O4/c1-3-4-10-6(8)5(7)9-2/h3-4H,1-2H3. The summed E-state index contributed by atoms with van der Waals surface area (Å²) in [7, 11) is 1.11. The van der Waals surface area contributed by atoms with E-state index < -0.39 is 11.9 Å². The van der Waals surface area contributed by atoms with Gasteiger partial charge in [-0.25, -0.2) is 9.59 Å². The van der Waals surface area contributed by atoms with Crippen molar-refractivity contribution in [1.29, 1.82) is 0 Å². The number of esters is 2. The first-order valence-corrected chi connectivity index (χ1v) is 2.62. The zero-order chi connectivity index (χ0) is 7.98. The summed E-state index contributed by atoms with van der Waals surface area (Å²) in [4.78, 5) is 20.7. The van der Waals surface area contributed by atoms with Gasteiger partial charge in [-0.1, -0.05) is 6.08 Å². The molecule has 0 saturated heterocycles. The van der Waals surface area contributed by atoms with Crippen LogP contribution in [0.25, 0.3) is 0 Å². The van der Waals surface area contributed by atoms with Gasteiger partial charge in [0.2, 0.25) is 0 Å². The Hall–Kier alpha value is -1.32. The Morgan fingerprint density at radius 1 is 1.30 bits per heavy atom. The van der Waals surface area contributed by atoms with E-state index in [4.69, 9.17) is 0 Å². The average molecular weight is 144 g/mol. The number of carbonyl (C=O) groups excluding carboxylic acids is 2. The van der Waals surface area contributed by atoms with Crippen molar-refractivity contribution in [3.8, 4) is 0 Å². The van der Waals surface area contributed by atoms with Crippen molar-refractivity contribution in [2.45, 2.75) is 6.92 Å². The summed E-state index contributed by atoms with van der Waals surface area (Å²) in [5.74, 6) is -2.02. The molecule has 0 N–H and O–H groups in total. The van der Waals surface area contributed by atoms with E-state index in [9.17, 15) is 9.59 Å². The summed E-state index contributed by atoms with van der Waals surface area (Å²) in [6.45, 7) is 1.66. The van der Waals surface area contributed by atoms with E-state index in [0.717, 1.165) is 13.4 Å². The third-order valence-electron chi connectivity index (χ3n) is 0.663. The second kappa shape index (κ2) is 4.55. The molecule has 0 heterocycles. The van der Waals surface area contributed by atoms with Gasteiger partial charge in [0.25, 0.3) is 0 Å². The van der Waals surface area contributed by atoms with Crippen LogP contribution in [0.5, 0.6) is 0 Å². The molecule has 0 unspecified atom stereocenters. The van der Waals surface area contributed by atoms with Gasteiger partial charge in [0.15, 0.2) is 0 Å². The minimum atomic E-state index is -1.01. The van der Waals surface area contributed by atoms with E-state index in [1.807, 2.05) is 0 Å². The largest absolute Gasteiger partial charge is 0.461 e. The first-order valence-electron chi connectivity index (χ1n) is 2.62. The van der Waals surface area contributed by atoms with Crippen LogP contribution >= 0.6 is 0 Å². The van der Waals surface area contributed by atoms with Crippen LogP contribution in [0, 0.1) is 0 Å². The quantitative estimate of drug-likeness (QED) is 0.300. The van der Waals surface area contributed by atoms with Gasteiger partial charge in [0.1, 0.15) is 0 Å². The molecule has 0 fully saturated rings. The molecule has 4 nitrogen and oxygen atoms in total. The van der Waals surface area contributed by atoms with Crippen LogP contribution in [-0.4, -0.2) is 19.0 Å². The van der Waals surface area contributed by atoms with Crippen molar-refractivity contribution >= 4 is 11.9 Å². The molecular weight excluding hydrogens is 136 g/mol. The van der Waals surface area contributed by atoms with Crippen LogP contribution in [0.3, 0.4) is 0 Å². The molecule has 0 aliphatic heterocycles. The summed E-state index contributed by atoms with van der Waals surface area (Å²) in [5.41, 5.74) is 0. The Morgan fingerprint density at radius 3 is 2.30 bits per heavy atom. The summed E-state index contributed by atoms with van der Waals surface area (Å²) in [6, 6.07) is 0. The molecule has 0 amide bonds. The molecule has 0 saturated carbocycles. The van der Waals surface area contributed by atoms with E-state index >= 15 is 0 Å². The van der Waals surface area contributed by atoms with E-state index in [2.05, 4.69) is 9.47 Å². The molecule has 0 aliphatic rings. The van der Waals surface area contributed by atoms with E-state index in [1.165, 1.54) is 6.08 Å². The van der Waals surface area contributed by atoms with Crippen LogP contribution in [0.2, 0.25) is 0 Å². The van der Waals surface area contributed by atoms with Crippen molar-refractivity contribution in [3.63, 3.8) is 0 Å². The van der Waals surface area contributed by atoms with Gasteiger partial charge in [-0.2, -0.15) is 0 Å². The SMILES string of the molecule is CC=COC(=O)C(=O)OC. The Kier molecular flexibility index (Phi) is 3.95. The van der Waals surface area contributed by atoms with Gasteiger partial charge in [-0.3, -0.25) is 0 Å². The minimum Gasteiger partial charge on any atom is -0.461 e. The van der Waals surface area contributed by atoms with Crippen molar-refractivity contribution in [2.75, 3.05) is 7.11 Å². The molecule has 56 valence electrons. The van der Waals surface area contributed by atoms with Gasteiger partial charge in [-0.05, 0) is 6.92 Å². The predicted molar refractivity (Wildman–Crippen MR) is 32.9 cm³/mol. The van der Waals surface area contributed by atoms with E-state index in [1.54, 1.807) is 6.92 Å². The average Bonchev–Trinajstić information content (AvgIpc) is 1.98. The highest BCUT2D eigenvalue weighted by Gasteiger charge is 2.13. The number of hydrogen-bond acceptors (Lipinski definition) is 4. The maximum absolute atomic E-state index is 10.4. The molecule has 0 aromatic rings. The summed E-state index contributed by atoms with van der Waals surface area (Å²) in [6.07, 6.45) is 2.60. The molecule has 0 spiro atoms. The topological polar surface area (TPSA) is 52.6 Å². The van der Waals surface area contributed by atoms with Crippen LogP contribution < -0.4 is 0 Å². The highest BCUT2D eigenvalue weighted by atomic mass is 16.6. The molecule has 0 atom stereocenters. The second-order valence-corrected chi connectivity index (χ2v) is 1.37. The van der Waals surface area contributed by atoms with Gasteiger partial charge in [0.05, 0.1) is 13.4 Å². The van der Waals surface area contributed by atoms with Crippen molar-refractivity contribution < 1.29 is 19.1 Å². The lowest BCUT2D eigenvalue weighted by Crippen LogP contribution is -2.16. The number of allylic oxidation sites excluding steroid dienone is 1. The fraction of sp³-hybridized carbons (Fsp3) is 0.333. The van der Waals surface area contributed by atoms with Crippen molar-refractivity contribution in [1.82, 2.24) is 0 Å². The van der Waals surface area contributed by atoms with Crippen molar-refractivity contribution in [3.05, 3.63) is 12.3 Å². The van der Waals surface area contributed by atoms with Crippen molar-refractivity contribution in [2.24, 2.45) is 0 Å². The zero-order valence-corrected chi connectivity index (χ0v) is 5.79. The fourth-order valence-electron chi connectivity index (χ4n) is 0.261. The number of ether oxygens (including phenoxy) is 2. The van der Waals surface area contributed by atoms with Gasteiger partial charge < -0.3 is 9.47 Å². The molecule has 0 bridgehead atoms. The third kappa shape index (κ3) is 2.86. The Morgan fingerprint density at radius 2 is 1.90 bits per heavy atom. The monoisotopic (exact) mass is 144 g/mol. The van der Waals surface area contributed by atoms with E-state index in [-0.39, 0.29) is 0 Å². The lowest BCUT2D eigenvalue weighted by molar-refractivity contribution is -0.162. The molecule has 0 aromatic heterocycles. The summed E-state index contributed by atoms with van der Waals surface area (Å²) >= 11 is 0. The lowest BCUT2D eigenvalue weighted by Gasteiger charge is -1.94. The van der Waals surface area contributed by atoms with Gasteiger partial charge in [-0.15, -0.1) is 0 Å². The maximum atomic E-state index is 10.4. The first-order chi connectivity index (χ1) is 4.72. The molecule has 0 aliphatic carbocycles. The zero-order valence-electron chi connectivity index (χ0n) is 5.79. The van der Waals surface area contributed by atoms with Crippen LogP contribution in [0.4, 0.5) is 0 Å². The highest BCUT2D eigenvalue weighted by molar-refractivity contribution is 6.29.